The number of aromatic nitrogens is 2. The van der Waals surface area contributed by atoms with Crippen molar-refractivity contribution in [3.8, 4) is 0 Å². The Kier molecular flexibility index (Phi) is 7.39. The van der Waals surface area contributed by atoms with Gasteiger partial charge in [0.25, 0.3) is 0 Å². The van der Waals surface area contributed by atoms with Gasteiger partial charge < -0.3 is 20.5 Å². The van der Waals surface area contributed by atoms with E-state index in [4.69, 9.17) is 4.74 Å². The van der Waals surface area contributed by atoms with E-state index in [-0.39, 0.29) is 0 Å². The van der Waals surface area contributed by atoms with E-state index >= 15 is 0 Å². The molecule has 0 aliphatic rings. The first-order chi connectivity index (χ1) is 10.0. The van der Waals surface area contributed by atoms with Crippen LogP contribution in [0, 0.1) is 0 Å². The topological polar surface area (TPSA) is 79.3 Å². The van der Waals surface area contributed by atoms with E-state index in [0.29, 0.717) is 19.6 Å². The SMILES string of the molecule is CCCNc1ncnc(NCC(C)(O)CCOC)c1CC. The molecule has 0 aromatic carbocycles. The van der Waals surface area contributed by atoms with E-state index in [9.17, 15) is 5.11 Å². The molecule has 1 heterocycles. The molecule has 1 aromatic heterocycles. The zero-order valence-corrected chi connectivity index (χ0v) is 13.6. The minimum absolute atomic E-state index is 0.424. The predicted octanol–water partition coefficient (Wildman–Crippen LogP) is 2.06. The monoisotopic (exact) mass is 296 g/mol. The molecule has 0 saturated heterocycles. The molecule has 6 nitrogen and oxygen atoms in total. The average Bonchev–Trinajstić information content (AvgIpc) is 2.48. The van der Waals surface area contributed by atoms with Gasteiger partial charge in [0.1, 0.15) is 18.0 Å². The first-order valence-corrected chi connectivity index (χ1v) is 7.57. The fourth-order valence-electron chi connectivity index (χ4n) is 1.98. The van der Waals surface area contributed by atoms with Crippen LogP contribution in [0.1, 0.15) is 39.2 Å². The highest BCUT2D eigenvalue weighted by atomic mass is 16.5. The summed E-state index contributed by atoms with van der Waals surface area (Å²) < 4.78 is 5.01. The molecule has 0 bridgehead atoms. The summed E-state index contributed by atoms with van der Waals surface area (Å²) in [6, 6.07) is 0. The smallest absolute Gasteiger partial charge is 0.134 e. The maximum Gasteiger partial charge on any atom is 0.134 e. The van der Waals surface area contributed by atoms with Gasteiger partial charge in [-0.15, -0.1) is 0 Å². The van der Waals surface area contributed by atoms with Crippen LogP contribution in [0.25, 0.3) is 0 Å². The van der Waals surface area contributed by atoms with Crippen molar-refractivity contribution in [3.05, 3.63) is 11.9 Å². The van der Waals surface area contributed by atoms with Gasteiger partial charge in [-0.25, -0.2) is 9.97 Å². The predicted molar refractivity (Wildman–Crippen MR) is 85.8 cm³/mol. The van der Waals surface area contributed by atoms with Gasteiger partial charge >= 0.3 is 0 Å². The molecule has 1 rings (SSSR count). The fourth-order valence-corrected chi connectivity index (χ4v) is 1.98. The molecule has 1 aromatic rings. The Morgan fingerprint density at radius 1 is 1.24 bits per heavy atom. The Labute approximate surface area is 127 Å². The standard InChI is InChI=1S/C15H28N4O2/c1-5-8-16-13-12(6-2)14(19-11-18-13)17-10-15(3,20)7-9-21-4/h11,20H,5-10H2,1-4H3,(H2,16,17,18,19). The molecule has 21 heavy (non-hydrogen) atoms. The van der Waals surface area contributed by atoms with Crippen molar-refractivity contribution >= 4 is 11.6 Å². The number of nitrogens with zero attached hydrogens (tertiary/aromatic N) is 2. The summed E-state index contributed by atoms with van der Waals surface area (Å²) in [5, 5.41) is 16.8. The number of rotatable bonds is 10. The van der Waals surface area contributed by atoms with Gasteiger partial charge in [0.05, 0.1) is 5.60 Å². The van der Waals surface area contributed by atoms with Gasteiger partial charge in [0, 0.05) is 38.8 Å². The minimum atomic E-state index is -0.830. The Hall–Kier alpha value is -1.40. The summed E-state index contributed by atoms with van der Waals surface area (Å²) in [6.45, 7) is 7.82. The Morgan fingerprint density at radius 2 is 1.90 bits per heavy atom. The Morgan fingerprint density at radius 3 is 2.48 bits per heavy atom. The molecule has 6 heteroatoms. The van der Waals surface area contributed by atoms with Crippen LogP contribution in [0.5, 0.6) is 0 Å². The van der Waals surface area contributed by atoms with Crippen molar-refractivity contribution < 1.29 is 9.84 Å². The summed E-state index contributed by atoms with van der Waals surface area (Å²) in [5.74, 6) is 1.65. The quantitative estimate of drug-likeness (QED) is 0.613. The van der Waals surface area contributed by atoms with Crippen LogP contribution in [0.3, 0.4) is 0 Å². The van der Waals surface area contributed by atoms with E-state index in [0.717, 1.165) is 36.6 Å². The zero-order valence-electron chi connectivity index (χ0n) is 13.6. The van der Waals surface area contributed by atoms with Crippen molar-refractivity contribution in [2.24, 2.45) is 0 Å². The van der Waals surface area contributed by atoms with Crippen LogP contribution in [-0.4, -0.2) is 47.5 Å². The van der Waals surface area contributed by atoms with Crippen LogP contribution < -0.4 is 10.6 Å². The lowest BCUT2D eigenvalue weighted by atomic mass is 10.0. The minimum Gasteiger partial charge on any atom is -0.388 e. The lowest BCUT2D eigenvalue weighted by Gasteiger charge is -2.24. The molecule has 1 atom stereocenters. The third-order valence-corrected chi connectivity index (χ3v) is 3.32. The normalized spacial score (nSPS) is 13.8. The second kappa shape index (κ2) is 8.79. The molecule has 0 aliphatic heterocycles. The second-order valence-electron chi connectivity index (χ2n) is 5.42. The zero-order chi connectivity index (χ0) is 15.7. The molecule has 0 radical (unpaired) electrons. The van der Waals surface area contributed by atoms with Gasteiger partial charge in [-0.3, -0.25) is 0 Å². The molecular weight excluding hydrogens is 268 g/mol. The average molecular weight is 296 g/mol. The summed E-state index contributed by atoms with van der Waals surface area (Å²) in [5.41, 5.74) is 0.219. The van der Waals surface area contributed by atoms with Crippen molar-refractivity contribution in [1.82, 2.24) is 9.97 Å². The summed E-state index contributed by atoms with van der Waals surface area (Å²) in [7, 11) is 1.63. The van der Waals surface area contributed by atoms with Crippen LogP contribution >= 0.6 is 0 Å². The maximum absolute atomic E-state index is 10.3. The van der Waals surface area contributed by atoms with E-state index in [1.807, 2.05) is 0 Å². The molecule has 3 N–H and O–H groups in total. The Balaban J connectivity index is 2.74. The molecule has 1 unspecified atom stereocenters. The lowest BCUT2D eigenvalue weighted by molar-refractivity contribution is 0.0357. The molecule has 0 aliphatic carbocycles. The van der Waals surface area contributed by atoms with Gasteiger partial charge in [0.2, 0.25) is 0 Å². The number of aliphatic hydroxyl groups is 1. The third kappa shape index (κ3) is 5.85. The maximum atomic E-state index is 10.3. The molecule has 0 saturated carbocycles. The molecule has 0 amide bonds. The van der Waals surface area contributed by atoms with E-state index < -0.39 is 5.60 Å². The van der Waals surface area contributed by atoms with Crippen LogP contribution in [0.4, 0.5) is 11.6 Å². The van der Waals surface area contributed by atoms with Crippen molar-refractivity contribution in [3.63, 3.8) is 0 Å². The fraction of sp³-hybridized carbons (Fsp3) is 0.733. The summed E-state index contributed by atoms with van der Waals surface area (Å²) >= 11 is 0. The van der Waals surface area contributed by atoms with Crippen LogP contribution in [-0.2, 0) is 11.2 Å². The molecule has 0 fully saturated rings. The van der Waals surface area contributed by atoms with E-state index in [1.54, 1.807) is 20.4 Å². The van der Waals surface area contributed by atoms with Gasteiger partial charge in [-0.05, 0) is 19.8 Å². The number of methoxy groups -OCH3 is 1. The number of ether oxygens (including phenoxy) is 1. The molecule has 120 valence electrons. The Bertz CT molecular complexity index is 424. The van der Waals surface area contributed by atoms with Crippen molar-refractivity contribution in [2.75, 3.05) is 37.4 Å². The number of hydrogen-bond donors (Lipinski definition) is 3. The van der Waals surface area contributed by atoms with Crippen molar-refractivity contribution in [1.29, 1.82) is 0 Å². The highest BCUT2D eigenvalue weighted by Gasteiger charge is 2.21. The molecular formula is C15H28N4O2. The third-order valence-electron chi connectivity index (χ3n) is 3.32. The lowest BCUT2D eigenvalue weighted by Crippen LogP contribution is -2.35. The van der Waals surface area contributed by atoms with E-state index in [1.165, 1.54) is 0 Å². The summed E-state index contributed by atoms with van der Waals surface area (Å²) in [6.07, 6.45) is 3.99. The second-order valence-corrected chi connectivity index (χ2v) is 5.42. The highest BCUT2D eigenvalue weighted by molar-refractivity contribution is 5.57. The van der Waals surface area contributed by atoms with E-state index in [2.05, 4.69) is 34.4 Å². The van der Waals surface area contributed by atoms with Crippen molar-refractivity contribution in [2.45, 2.75) is 45.6 Å². The summed E-state index contributed by atoms with van der Waals surface area (Å²) in [4.78, 5) is 8.59. The van der Waals surface area contributed by atoms with Crippen LogP contribution in [0.2, 0.25) is 0 Å². The van der Waals surface area contributed by atoms with Gasteiger partial charge in [-0.1, -0.05) is 13.8 Å². The molecule has 0 spiro atoms. The first-order valence-electron chi connectivity index (χ1n) is 7.57. The highest BCUT2D eigenvalue weighted by Crippen LogP contribution is 2.21. The first kappa shape index (κ1) is 17.7. The van der Waals surface area contributed by atoms with Crippen LogP contribution in [0.15, 0.2) is 6.33 Å². The largest absolute Gasteiger partial charge is 0.388 e. The number of anilines is 2. The van der Waals surface area contributed by atoms with Gasteiger partial charge in [-0.2, -0.15) is 0 Å². The number of nitrogens with one attached hydrogen (secondary N) is 2. The number of hydrogen-bond acceptors (Lipinski definition) is 6. The van der Waals surface area contributed by atoms with Gasteiger partial charge in [0.15, 0.2) is 0 Å².